The van der Waals surface area contributed by atoms with Gasteiger partial charge in [-0.15, -0.1) is 0 Å². The van der Waals surface area contributed by atoms with Crippen LogP contribution in [-0.2, 0) is 31.8 Å². The summed E-state index contributed by atoms with van der Waals surface area (Å²) in [6.45, 7) is 15.7. The van der Waals surface area contributed by atoms with Crippen molar-refractivity contribution in [3.05, 3.63) is 22.1 Å². The van der Waals surface area contributed by atoms with Crippen molar-refractivity contribution in [1.82, 2.24) is 0 Å². The van der Waals surface area contributed by atoms with Crippen LogP contribution in [-0.4, -0.2) is 25.5 Å². The van der Waals surface area contributed by atoms with Crippen LogP contribution in [0.4, 0.5) is 0 Å². The molecule has 0 bridgehead atoms. The van der Waals surface area contributed by atoms with Crippen molar-refractivity contribution >= 4 is 23.0 Å². The van der Waals surface area contributed by atoms with E-state index in [-0.39, 0.29) is 0 Å². The molecule has 0 amide bonds. The van der Waals surface area contributed by atoms with Gasteiger partial charge in [-0.3, -0.25) is 9.13 Å². The molecule has 190 valence electrons. The minimum atomic E-state index is -3.07. The first-order chi connectivity index (χ1) is 15.2. The van der Waals surface area contributed by atoms with E-state index in [0.717, 1.165) is 0 Å². The Morgan fingerprint density at radius 3 is 1.19 bits per heavy atom. The van der Waals surface area contributed by atoms with Crippen molar-refractivity contribution < 1.29 is 31.8 Å². The van der Waals surface area contributed by atoms with Crippen LogP contribution in [0, 0.1) is 0 Å². The quantitative estimate of drug-likeness (QED) is 0.133. The maximum absolute atomic E-state index is 13.5. The Bertz CT molecular complexity index is 664. The average Bonchev–Trinajstić information content (AvgIpc) is 2.73. The van der Waals surface area contributed by atoms with Crippen LogP contribution in [0.5, 0.6) is 0 Å². The maximum Gasteiger partial charge on any atom is 0.418 e. The van der Waals surface area contributed by atoms with Crippen LogP contribution in [0.15, 0.2) is 22.1 Å². The van der Waals surface area contributed by atoms with Crippen LogP contribution in [0.2, 0.25) is 0 Å². The summed E-state index contributed by atoms with van der Waals surface area (Å²) in [5.41, 5.74) is 0. The Labute approximate surface area is 196 Å². The fourth-order valence-electron chi connectivity index (χ4n) is 3.71. The van der Waals surface area contributed by atoms with Gasteiger partial charge in [-0.2, -0.15) is 0 Å². The van der Waals surface area contributed by atoms with Crippen LogP contribution in [0.3, 0.4) is 0 Å². The zero-order valence-electron chi connectivity index (χ0n) is 21.3. The third-order valence-corrected chi connectivity index (χ3v) is 11.9. The Balaban J connectivity index is 6.10. The first-order valence-electron chi connectivity index (χ1n) is 12.0. The van der Waals surface area contributed by atoms with E-state index in [0.29, 0.717) is 86.2 Å². The van der Waals surface area contributed by atoms with Crippen LogP contribution in [0.1, 0.15) is 93.9 Å². The standard InChI is InChI=1S/C22H45O7P3/c1-9-17-31(24,26-15-7)21(13-5)19(11-3)28-30(23)29-20(12-4)22(14-6)32(25,18-10-2)27-16-8/h30H,9-18H2,1-8H3. The van der Waals surface area contributed by atoms with E-state index in [1.54, 1.807) is 0 Å². The van der Waals surface area contributed by atoms with Gasteiger partial charge in [0, 0.05) is 25.2 Å². The van der Waals surface area contributed by atoms with Gasteiger partial charge >= 0.3 is 8.25 Å². The van der Waals surface area contributed by atoms with Crippen molar-refractivity contribution in [3.63, 3.8) is 0 Å². The molecular weight excluding hydrogens is 469 g/mol. The fraction of sp³-hybridized carbons (Fsp3) is 0.818. The van der Waals surface area contributed by atoms with E-state index < -0.39 is 23.0 Å². The van der Waals surface area contributed by atoms with Crippen molar-refractivity contribution in [2.45, 2.75) is 93.9 Å². The second kappa shape index (κ2) is 16.3. The normalized spacial score (nSPS) is 18.1. The summed E-state index contributed by atoms with van der Waals surface area (Å²) in [6, 6.07) is 0. The molecule has 10 heteroatoms. The minimum Gasteiger partial charge on any atom is -0.422 e. The Morgan fingerprint density at radius 2 is 0.969 bits per heavy atom. The summed E-state index contributed by atoms with van der Waals surface area (Å²) in [5.74, 6) is 0.799. The zero-order chi connectivity index (χ0) is 24.8. The van der Waals surface area contributed by atoms with Gasteiger partial charge in [-0.05, 0) is 39.5 Å². The zero-order valence-corrected chi connectivity index (χ0v) is 24.1. The molecule has 0 aliphatic heterocycles. The molecule has 0 fully saturated rings. The SMILES string of the molecule is CCCP(=O)(OCC)C(CC)=C(CC)O[PH](=O)OC(CC)=C(CC)P(=O)(CCC)OCC. The molecule has 0 aromatic heterocycles. The molecule has 2 unspecified atom stereocenters. The highest BCUT2D eigenvalue weighted by molar-refractivity contribution is 7.63. The van der Waals surface area contributed by atoms with Gasteiger partial charge in [-0.25, -0.2) is 4.57 Å². The second-order valence-electron chi connectivity index (χ2n) is 7.24. The van der Waals surface area contributed by atoms with Gasteiger partial charge in [0.15, 0.2) is 0 Å². The number of hydrogen-bond donors (Lipinski definition) is 0. The van der Waals surface area contributed by atoms with Crippen molar-refractivity contribution in [2.24, 2.45) is 0 Å². The van der Waals surface area contributed by atoms with Gasteiger partial charge in [0.05, 0.1) is 23.8 Å². The van der Waals surface area contributed by atoms with Crippen molar-refractivity contribution in [3.8, 4) is 0 Å². The average molecular weight is 515 g/mol. The molecule has 0 aromatic carbocycles. The summed E-state index contributed by atoms with van der Waals surface area (Å²) < 4.78 is 62.7. The molecule has 0 spiro atoms. The molecule has 2 atom stereocenters. The van der Waals surface area contributed by atoms with Gasteiger partial charge < -0.3 is 18.1 Å². The lowest BCUT2D eigenvalue weighted by Gasteiger charge is -2.24. The fourth-order valence-corrected chi connectivity index (χ4v) is 10.1. The topological polar surface area (TPSA) is 88.1 Å². The van der Waals surface area contributed by atoms with E-state index in [2.05, 4.69) is 0 Å². The number of allylic oxidation sites excluding steroid dienone is 4. The molecule has 0 radical (unpaired) electrons. The van der Waals surface area contributed by atoms with E-state index in [4.69, 9.17) is 18.1 Å². The molecule has 0 saturated heterocycles. The monoisotopic (exact) mass is 514 g/mol. The van der Waals surface area contributed by atoms with Crippen molar-refractivity contribution in [2.75, 3.05) is 25.5 Å². The highest BCUT2D eigenvalue weighted by atomic mass is 31.2. The first-order valence-corrected chi connectivity index (χ1v) is 16.8. The van der Waals surface area contributed by atoms with Gasteiger partial charge in [-0.1, -0.05) is 41.5 Å². The smallest absolute Gasteiger partial charge is 0.418 e. The second-order valence-corrected chi connectivity index (χ2v) is 13.3. The highest BCUT2D eigenvalue weighted by Crippen LogP contribution is 2.60. The maximum atomic E-state index is 13.5. The van der Waals surface area contributed by atoms with Crippen LogP contribution >= 0.6 is 23.0 Å². The molecule has 7 nitrogen and oxygen atoms in total. The van der Waals surface area contributed by atoms with E-state index in [9.17, 15) is 13.7 Å². The summed E-state index contributed by atoms with van der Waals surface area (Å²) in [4.78, 5) is 0. The first kappa shape index (κ1) is 31.7. The predicted molar refractivity (Wildman–Crippen MR) is 135 cm³/mol. The molecule has 0 rings (SSSR count). The molecular formula is C22H45O7P3. The van der Waals surface area contributed by atoms with Gasteiger partial charge in [0.2, 0.25) is 14.7 Å². The van der Waals surface area contributed by atoms with E-state index in [1.807, 2.05) is 55.4 Å². The Kier molecular flexibility index (Phi) is 16.2. The summed E-state index contributed by atoms with van der Waals surface area (Å²) in [5, 5.41) is 1.16. The highest BCUT2D eigenvalue weighted by Gasteiger charge is 2.32. The summed E-state index contributed by atoms with van der Waals surface area (Å²) in [7, 11) is -9.15. The van der Waals surface area contributed by atoms with Gasteiger partial charge in [0.1, 0.15) is 11.5 Å². The third-order valence-electron chi connectivity index (χ3n) is 4.90. The molecule has 0 aliphatic carbocycles. The lowest BCUT2D eigenvalue weighted by molar-refractivity contribution is 0.296. The molecule has 0 N–H and O–H groups in total. The van der Waals surface area contributed by atoms with Crippen LogP contribution in [0.25, 0.3) is 0 Å². The largest absolute Gasteiger partial charge is 0.422 e. The Hall–Kier alpha value is -0.310. The molecule has 0 saturated carbocycles. The molecule has 32 heavy (non-hydrogen) atoms. The lowest BCUT2D eigenvalue weighted by Crippen LogP contribution is -2.03. The van der Waals surface area contributed by atoms with E-state index >= 15 is 0 Å². The van der Waals surface area contributed by atoms with Crippen LogP contribution < -0.4 is 0 Å². The molecule has 0 heterocycles. The van der Waals surface area contributed by atoms with E-state index in [1.165, 1.54) is 0 Å². The Morgan fingerprint density at radius 1 is 0.625 bits per heavy atom. The lowest BCUT2D eigenvalue weighted by atomic mass is 10.3. The predicted octanol–water partition coefficient (Wildman–Crippen LogP) is 8.92. The molecule has 0 aliphatic rings. The molecule has 0 aromatic rings. The summed E-state index contributed by atoms with van der Waals surface area (Å²) in [6.07, 6.45) is 4.02. The number of hydrogen-bond acceptors (Lipinski definition) is 7. The third kappa shape index (κ3) is 9.15. The van der Waals surface area contributed by atoms with Crippen molar-refractivity contribution in [1.29, 1.82) is 0 Å². The minimum absolute atomic E-state index is 0.330. The van der Waals surface area contributed by atoms with Gasteiger partial charge in [0.25, 0.3) is 0 Å². The summed E-state index contributed by atoms with van der Waals surface area (Å²) >= 11 is 0. The number of rotatable bonds is 18.